The van der Waals surface area contributed by atoms with E-state index < -0.39 is 17.8 Å². The number of rotatable bonds is 2. The second-order valence-electron chi connectivity index (χ2n) is 4.82. The molecular weight excluding hydrogens is 260 g/mol. The van der Waals surface area contributed by atoms with E-state index in [9.17, 15) is 14.4 Å². The second-order valence-corrected chi connectivity index (χ2v) is 4.82. The summed E-state index contributed by atoms with van der Waals surface area (Å²) in [6.45, 7) is 0.306. The zero-order valence-corrected chi connectivity index (χ0v) is 10.5. The summed E-state index contributed by atoms with van der Waals surface area (Å²) in [7, 11) is 0. The maximum Gasteiger partial charge on any atom is 0.310 e. The first-order chi connectivity index (χ1) is 9.58. The highest BCUT2D eigenvalue weighted by atomic mass is 16.4. The quantitative estimate of drug-likeness (QED) is 0.841. The molecule has 1 aromatic heterocycles. The predicted octanol–water partition coefficient (Wildman–Crippen LogP) is 0.685. The summed E-state index contributed by atoms with van der Waals surface area (Å²) in [6.07, 6.45) is 1.39. The summed E-state index contributed by atoms with van der Waals surface area (Å²) >= 11 is 0. The molecule has 0 radical (unpaired) electrons. The molecule has 20 heavy (non-hydrogen) atoms. The van der Waals surface area contributed by atoms with Gasteiger partial charge in [-0.2, -0.15) is 0 Å². The molecule has 1 aliphatic rings. The van der Waals surface area contributed by atoms with Crippen LogP contribution in [-0.2, 0) is 4.79 Å². The van der Waals surface area contributed by atoms with Crippen molar-refractivity contribution in [3.63, 3.8) is 0 Å². The molecule has 2 heterocycles. The molecule has 0 spiro atoms. The van der Waals surface area contributed by atoms with Crippen LogP contribution in [0.4, 0.5) is 0 Å². The van der Waals surface area contributed by atoms with E-state index in [1.54, 1.807) is 24.3 Å². The van der Waals surface area contributed by atoms with Gasteiger partial charge in [-0.1, -0.05) is 12.1 Å². The SMILES string of the molecule is O=C(O)C1CN(C(=O)c2c[nH]c3ccccc3c2=O)C1. The number of fused-ring (bicyclic) bond motifs is 1. The monoisotopic (exact) mass is 272 g/mol. The van der Waals surface area contributed by atoms with Crippen LogP contribution in [0.3, 0.4) is 0 Å². The Morgan fingerprint density at radius 2 is 1.95 bits per heavy atom. The number of likely N-dealkylation sites (tertiary alicyclic amines) is 1. The molecule has 0 bridgehead atoms. The van der Waals surface area contributed by atoms with Crippen molar-refractivity contribution < 1.29 is 14.7 Å². The molecule has 2 N–H and O–H groups in total. The zero-order valence-electron chi connectivity index (χ0n) is 10.5. The van der Waals surface area contributed by atoms with E-state index in [-0.39, 0.29) is 24.1 Å². The lowest BCUT2D eigenvalue weighted by molar-refractivity contribution is -0.146. The first-order valence-corrected chi connectivity index (χ1v) is 6.20. The fraction of sp³-hybridized carbons (Fsp3) is 0.214. The number of carboxylic acid groups (broad SMARTS) is 1. The summed E-state index contributed by atoms with van der Waals surface area (Å²) in [5.41, 5.74) is 0.386. The van der Waals surface area contributed by atoms with Gasteiger partial charge in [-0.25, -0.2) is 0 Å². The van der Waals surface area contributed by atoms with Gasteiger partial charge in [0.25, 0.3) is 5.91 Å². The third-order valence-electron chi connectivity index (χ3n) is 3.54. The lowest BCUT2D eigenvalue weighted by Gasteiger charge is -2.36. The number of benzene rings is 1. The number of carboxylic acids is 1. The van der Waals surface area contributed by atoms with Crippen LogP contribution in [0.1, 0.15) is 10.4 Å². The Morgan fingerprint density at radius 1 is 1.25 bits per heavy atom. The van der Waals surface area contributed by atoms with Gasteiger partial charge in [0.2, 0.25) is 5.43 Å². The number of H-pyrrole nitrogens is 1. The lowest BCUT2D eigenvalue weighted by atomic mass is 9.99. The van der Waals surface area contributed by atoms with Gasteiger partial charge in [0, 0.05) is 30.2 Å². The van der Waals surface area contributed by atoms with Crippen molar-refractivity contribution in [3.05, 3.63) is 46.2 Å². The highest BCUT2D eigenvalue weighted by Crippen LogP contribution is 2.18. The molecular formula is C14H12N2O4. The molecule has 0 aliphatic carbocycles. The molecule has 1 fully saturated rings. The Labute approximate surface area is 113 Å². The molecule has 2 aromatic rings. The maximum absolute atomic E-state index is 12.2. The second kappa shape index (κ2) is 4.48. The molecule has 1 aliphatic heterocycles. The molecule has 6 nitrogen and oxygen atoms in total. The molecule has 1 amide bonds. The van der Waals surface area contributed by atoms with Crippen LogP contribution in [0, 0.1) is 5.92 Å². The fourth-order valence-corrected chi connectivity index (χ4v) is 2.30. The summed E-state index contributed by atoms with van der Waals surface area (Å²) in [5.74, 6) is -1.87. The average molecular weight is 272 g/mol. The van der Waals surface area contributed by atoms with E-state index >= 15 is 0 Å². The van der Waals surface area contributed by atoms with Gasteiger partial charge in [-0.15, -0.1) is 0 Å². The first kappa shape index (κ1) is 12.4. The molecule has 3 rings (SSSR count). The average Bonchev–Trinajstić information content (AvgIpc) is 2.37. The highest BCUT2D eigenvalue weighted by molar-refractivity contribution is 5.98. The van der Waals surface area contributed by atoms with E-state index in [4.69, 9.17) is 5.11 Å². The molecule has 0 atom stereocenters. The molecule has 1 saturated heterocycles. The number of aliphatic carboxylic acids is 1. The normalized spacial score (nSPS) is 15.1. The van der Waals surface area contributed by atoms with Crippen LogP contribution >= 0.6 is 0 Å². The van der Waals surface area contributed by atoms with Crippen LogP contribution in [-0.4, -0.2) is 40.0 Å². The summed E-state index contributed by atoms with van der Waals surface area (Å²) in [6, 6.07) is 6.94. The number of amides is 1. The van der Waals surface area contributed by atoms with E-state index in [0.717, 1.165) is 0 Å². The Balaban J connectivity index is 1.92. The third-order valence-corrected chi connectivity index (χ3v) is 3.54. The Bertz CT molecular complexity index is 759. The number of carbonyl (C=O) groups excluding carboxylic acids is 1. The number of carbonyl (C=O) groups is 2. The smallest absolute Gasteiger partial charge is 0.310 e. The summed E-state index contributed by atoms with van der Waals surface area (Å²) in [4.78, 5) is 39.4. The molecule has 0 unspecified atom stereocenters. The molecule has 0 saturated carbocycles. The zero-order chi connectivity index (χ0) is 14.3. The van der Waals surface area contributed by atoms with Crippen LogP contribution < -0.4 is 5.43 Å². The Kier molecular flexibility index (Phi) is 2.78. The van der Waals surface area contributed by atoms with Crippen molar-refractivity contribution in [2.45, 2.75) is 0 Å². The minimum atomic E-state index is -0.915. The van der Waals surface area contributed by atoms with Gasteiger partial charge >= 0.3 is 5.97 Å². The van der Waals surface area contributed by atoms with Crippen molar-refractivity contribution in [3.8, 4) is 0 Å². The van der Waals surface area contributed by atoms with Crippen molar-refractivity contribution in [2.75, 3.05) is 13.1 Å². The van der Waals surface area contributed by atoms with Gasteiger partial charge in [0.1, 0.15) is 5.56 Å². The number of aromatic amines is 1. The Morgan fingerprint density at radius 3 is 2.65 bits per heavy atom. The van der Waals surface area contributed by atoms with Crippen LogP contribution in [0.25, 0.3) is 10.9 Å². The van der Waals surface area contributed by atoms with Crippen LogP contribution in [0.5, 0.6) is 0 Å². The third kappa shape index (κ3) is 1.85. The van der Waals surface area contributed by atoms with Gasteiger partial charge in [0.05, 0.1) is 5.92 Å². The lowest BCUT2D eigenvalue weighted by Crippen LogP contribution is -2.53. The van der Waals surface area contributed by atoms with Crippen molar-refractivity contribution in [1.29, 1.82) is 0 Å². The number of hydrogen-bond donors (Lipinski definition) is 2. The standard InChI is InChI=1S/C14H12N2O4/c17-12-9-3-1-2-4-11(9)15-5-10(12)13(18)16-6-8(7-16)14(19)20/h1-5,8H,6-7H2,(H,15,17)(H,19,20). The maximum atomic E-state index is 12.2. The molecule has 6 heteroatoms. The van der Waals surface area contributed by atoms with Crippen LogP contribution in [0.15, 0.2) is 35.3 Å². The predicted molar refractivity (Wildman–Crippen MR) is 71.6 cm³/mol. The Hall–Kier alpha value is -2.63. The summed E-state index contributed by atoms with van der Waals surface area (Å²) in [5, 5.41) is 9.25. The number of pyridine rings is 1. The van der Waals surface area contributed by atoms with E-state index in [1.807, 2.05) is 0 Å². The van der Waals surface area contributed by atoms with Gasteiger partial charge in [-0.05, 0) is 12.1 Å². The van der Waals surface area contributed by atoms with Gasteiger partial charge < -0.3 is 15.0 Å². The first-order valence-electron chi connectivity index (χ1n) is 6.20. The van der Waals surface area contributed by atoms with E-state index in [0.29, 0.717) is 10.9 Å². The number of aromatic nitrogens is 1. The topological polar surface area (TPSA) is 90.5 Å². The summed E-state index contributed by atoms with van der Waals surface area (Å²) < 4.78 is 0. The van der Waals surface area contributed by atoms with E-state index in [2.05, 4.69) is 4.98 Å². The number of para-hydroxylation sites is 1. The largest absolute Gasteiger partial charge is 0.481 e. The van der Waals surface area contributed by atoms with E-state index in [1.165, 1.54) is 11.1 Å². The van der Waals surface area contributed by atoms with Crippen LogP contribution in [0.2, 0.25) is 0 Å². The van der Waals surface area contributed by atoms with Crippen molar-refractivity contribution in [2.24, 2.45) is 5.92 Å². The molecule has 1 aromatic carbocycles. The van der Waals surface area contributed by atoms with Gasteiger partial charge in [0.15, 0.2) is 0 Å². The molecule has 102 valence electrons. The fourth-order valence-electron chi connectivity index (χ4n) is 2.30. The minimum Gasteiger partial charge on any atom is -0.481 e. The number of nitrogens with one attached hydrogen (secondary N) is 1. The van der Waals surface area contributed by atoms with Crippen molar-refractivity contribution >= 4 is 22.8 Å². The van der Waals surface area contributed by atoms with Gasteiger partial charge in [-0.3, -0.25) is 14.4 Å². The van der Waals surface area contributed by atoms with Crippen molar-refractivity contribution in [1.82, 2.24) is 9.88 Å². The highest BCUT2D eigenvalue weighted by Gasteiger charge is 2.36. The minimum absolute atomic E-state index is 0.0486. The number of hydrogen-bond acceptors (Lipinski definition) is 3. The number of nitrogens with zero attached hydrogens (tertiary/aromatic N) is 1.